The lowest BCUT2D eigenvalue weighted by molar-refractivity contribution is 0.206. The average molecular weight is 344 g/mol. The first-order chi connectivity index (χ1) is 12.7. The first-order valence-corrected chi connectivity index (χ1v) is 8.65. The van der Waals surface area contributed by atoms with E-state index in [4.69, 9.17) is 4.74 Å². The Labute approximate surface area is 152 Å². The van der Waals surface area contributed by atoms with Crippen molar-refractivity contribution < 1.29 is 4.74 Å². The Morgan fingerprint density at radius 2 is 1.65 bits per heavy atom. The van der Waals surface area contributed by atoms with Crippen molar-refractivity contribution in [3.63, 3.8) is 0 Å². The van der Waals surface area contributed by atoms with E-state index >= 15 is 0 Å². The van der Waals surface area contributed by atoms with Crippen LogP contribution in [0.25, 0.3) is 0 Å². The smallest absolute Gasteiger partial charge is 0.243 e. The van der Waals surface area contributed by atoms with Gasteiger partial charge in [-0.3, -0.25) is 0 Å². The maximum Gasteiger partial charge on any atom is 0.243 e. The summed E-state index contributed by atoms with van der Waals surface area (Å²) in [5.41, 5.74) is 7.91. The summed E-state index contributed by atoms with van der Waals surface area (Å²) in [6, 6.07) is 20.1. The van der Waals surface area contributed by atoms with Gasteiger partial charge in [0.25, 0.3) is 0 Å². The second kappa shape index (κ2) is 6.96. The number of hydrogen-bond acceptors (Lipinski definition) is 5. The predicted molar refractivity (Wildman–Crippen MR) is 103 cm³/mol. The Morgan fingerprint density at radius 3 is 2.42 bits per heavy atom. The number of benzene rings is 2. The number of rotatable bonds is 3. The molecular formula is C21H20N4O. The van der Waals surface area contributed by atoms with Crippen molar-refractivity contribution in [3.8, 4) is 5.75 Å². The molecule has 1 aromatic heterocycles. The Bertz CT molecular complexity index is 933. The third-order valence-electron chi connectivity index (χ3n) is 4.29. The zero-order valence-corrected chi connectivity index (χ0v) is 14.8. The lowest BCUT2D eigenvalue weighted by Gasteiger charge is -2.27. The molecule has 5 heteroatoms. The van der Waals surface area contributed by atoms with Crippen LogP contribution < -0.4 is 10.2 Å². The van der Waals surface area contributed by atoms with Crippen LogP contribution in [0, 0.1) is 13.8 Å². The Morgan fingerprint density at radius 1 is 0.962 bits per heavy atom. The molecule has 1 N–H and O–H groups in total. The number of fused-ring (bicyclic) bond motifs is 1. The van der Waals surface area contributed by atoms with Gasteiger partial charge >= 0.3 is 0 Å². The Kier molecular flexibility index (Phi) is 4.35. The molecule has 2 aromatic carbocycles. The van der Waals surface area contributed by atoms with Gasteiger partial charge in [-0.1, -0.05) is 42.5 Å². The van der Waals surface area contributed by atoms with E-state index in [1.807, 2.05) is 62.4 Å². The molecule has 0 radical (unpaired) electrons. The zero-order valence-electron chi connectivity index (χ0n) is 14.8. The van der Waals surface area contributed by atoms with Crippen LogP contribution >= 0.6 is 0 Å². The highest BCUT2D eigenvalue weighted by Gasteiger charge is 2.26. The number of hydrazone groups is 1. The minimum absolute atomic E-state index is 0.0631. The van der Waals surface area contributed by atoms with E-state index in [-0.39, 0.29) is 6.10 Å². The molecule has 0 fully saturated rings. The lowest BCUT2D eigenvalue weighted by atomic mass is 9.96. The summed E-state index contributed by atoms with van der Waals surface area (Å²) in [5, 5.41) is 4.61. The van der Waals surface area contributed by atoms with Crippen LogP contribution in [0.15, 0.2) is 65.8 Å². The van der Waals surface area contributed by atoms with E-state index in [1.54, 1.807) is 0 Å². The van der Waals surface area contributed by atoms with E-state index < -0.39 is 0 Å². The summed E-state index contributed by atoms with van der Waals surface area (Å²) in [5.74, 6) is 1.35. The van der Waals surface area contributed by atoms with Gasteiger partial charge in [0.05, 0.1) is 5.71 Å². The number of para-hydroxylation sites is 1. The number of anilines is 1. The monoisotopic (exact) mass is 344 g/mol. The normalized spacial score (nSPS) is 17.5. The van der Waals surface area contributed by atoms with Crippen LogP contribution in [-0.2, 0) is 0 Å². The van der Waals surface area contributed by atoms with E-state index in [0.717, 1.165) is 34.0 Å². The van der Waals surface area contributed by atoms with Crippen LogP contribution in [0.2, 0.25) is 0 Å². The van der Waals surface area contributed by atoms with Crippen molar-refractivity contribution in [1.82, 2.24) is 9.97 Å². The molecule has 1 atom stereocenters. The second-order valence-corrected chi connectivity index (χ2v) is 6.36. The van der Waals surface area contributed by atoms with Crippen LogP contribution in [0.4, 0.5) is 5.95 Å². The highest BCUT2D eigenvalue weighted by atomic mass is 16.5. The molecular weight excluding hydrogens is 324 g/mol. The predicted octanol–water partition coefficient (Wildman–Crippen LogP) is 4.43. The summed E-state index contributed by atoms with van der Waals surface area (Å²) in [4.78, 5) is 8.78. The largest absolute Gasteiger partial charge is 0.485 e. The first kappa shape index (κ1) is 16.3. The van der Waals surface area contributed by atoms with E-state index in [1.165, 1.54) is 0 Å². The number of aromatic nitrogens is 2. The van der Waals surface area contributed by atoms with Crippen molar-refractivity contribution >= 4 is 11.7 Å². The van der Waals surface area contributed by atoms with Gasteiger partial charge < -0.3 is 4.74 Å². The van der Waals surface area contributed by atoms with Crippen molar-refractivity contribution in [3.05, 3.63) is 83.2 Å². The molecule has 0 bridgehead atoms. The molecule has 0 aliphatic carbocycles. The topological polar surface area (TPSA) is 59.4 Å². The van der Waals surface area contributed by atoms with Crippen LogP contribution in [-0.4, -0.2) is 15.7 Å². The van der Waals surface area contributed by atoms with Gasteiger partial charge in [-0.25, -0.2) is 15.4 Å². The molecule has 1 aliphatic rings. The highest BCUT2D eigenvalue weighted by Crippen LogP contribution is 2.35. The van der Waals surface area contributed by atoms with Gasteiger partial charge in [0.2, 0.25) is 5.95 Å². The molecule has 130 valence electrons. The standard InChI is InChI=1S/C21H20N4O/c1-14-12-15(2)23-21(22-14)25-24-18-13-20(16-8-4-3-5-9-16)26-19-11-7-6-10-17(18)19/h3-12,20H,13H2,1-2H3,(H,22,23,25)/b24-18-. The zero-order chi connectivity index (χ0) is 17.9. The quantitative estimate of drug-likeness (QED) is 0.714. The summed E-state index contributed by atoms with van der Waals surface area (Å²) in [6.45, 7) is 3.89. The molecule has 0 saturated carbocycles. The maximum absolute atomic E-state index is 6.20. The molecule has 4 rings (SSSR count). The van der Waals surface area contributed by atoms with Gasteiger partial charge in [-0.2, -0.15) is 5.10 Å². The maximum atomic E-state index is 6.20. The van der Waals surface area contributed by atoms with Crippen LogP contribution in [0.3, 0.4) is 0 Å². The van der Waals surface area contributed by atoms with E-state index in [9.17, 15) is 0 Å². The summed E-state index contributed by atoms with van der Waals surface area (Å²) >= 11 is 0. The third-order valence-corrected chi connectivity index (χ3v) is 4.29. The molecule has 1 aliphatic heterocycles. The highest BCUT2D eigenvalue weighted by molar-refractivity contribution is 6.04. The number of ether oxygens (including phenoxy) is 1. The fourth-order valence-corrected chi connectivity index (χ4v) is 3.14. The Hall–Kier alpha value is -3.21. The minimum atomic E-state index is -0.0631. The van der Waals surface area contributed by atoms with Crippen LogP contribution in [0.5, 0.6) is 5.75 Å². The SMILES string of the molecule is Cc1cc(C)nc(N/N=C2/CC(c3ccccc3)Oc3ccccc32)n1. The van der Waals surface area contributed by atoms with Gasteiger partial charge in [-0.05, 0) is 37.6 Å². The molecule has 1 unspecified atom stereocenters. The number of nitrogens with one attached hydrogen (secondary N) is 1. The third kappa shape index (κ3) is 3.42. The average Bonchev–Trinajstić information content (AvgIpc) is 2.66. The van der Waals surface area contributed by atoms with Gasteiger partial charge in [-0.15, -0.1) is 0 Å². The van der Waals surface area contributed by atoms with E-state index in [2.05, 4.69) is 32.6 Å². The molecule has 0 saturated heterocycles. The van der Waals surface area contributed by atoms with Gasteiger partial charge in [0.15, 0.2) is 0 Å². The molecule has 26 heavy (non-hydrogen) atoms. The molecule has 0 amide bonds. The summed E-state index contributed by atoms with van der Waals surface area (Å²) < 4.78 is 6.20. The van der Waals surface area contributed by atoms with E-state index in [0.29, 0.717) is 12.4 Å². The molecule has 2 heterocycles. The number of aryl methyl sites for hydroxylation is 2. The van der Waals surface area contributed by atoms with Crippen molar-refractivity contribution in [1.29, 1.82) is 0 Å². The van der Waals surface area contributed by atoms with Gasteiger partial charge in [0, 0.05) is 23.4 Å². The summed E-state index contributed by atoms with van der Waals surface area (Å²) in [7, 11) is 0. The summed E-state index contributed by atoms with van der Waals surface area (Å²) in [6.07, 6.45) is 0.616. The van der Waals surface area contributed by atoms with Crippen LogP contribution in [0.1, 0.15) is 35.0 Å². The van der Waals surface area contributed by atoms with Crippen molar-refractivity contribution in [2.45, 2.75) is 26.4 Å². The minimum Gasteiger partial charge on any atom is -0.485 e. The molecule has 0 spiro atoms. The number of nitrogens with zero attached hydrogens (tertiary/aromatic N) is 3. The molecule has 5 nitrogen and oxygen atoms in total. The number of hydrogen-bond donors (Lipinski definition) is 1. The Balaban J connectivity index is 1.67. The first-order valence-electron chi connectivity index (χ1n) is 8.65. The fraction of sp³-hybridized carbons (Fsp3) is 0.190. The fourth-order valence-electron chi connectivity index (χ4n) is 3.14. The van der Waals surface area contributed by atoms with Crippen molar-refractivity contribution in [2.24, 2.45) is 5.10 Å². The second-order valence-electron chi connectivity index (χ2n) is 6.36. The lowest BCUT2D eigenvalue weighted by Crippen LogP contribution is -2.22. The molecule has 3 aromatic rings. The van der Waals surface area contributed by atoms with Gasteiger partial charge in [0.1, 0.15) is 11.9 Å². The van der Waals surface area contributed by atoms with Crippen molar-refractivity contribution in [2.75, 3.05) is 5.43 Å².